The molecule has 2 aliphatic rings. The molecular formula is C24H32N2O10. The topological polar surface area (TPSA) is 140 Å². The number of ether oxygens (including phenoxy) is 6. The van der Waals surface area contributed by atoms with Crippen LogP contribution in [0.25, 0.3) is 0 Å². The molecule has 3 heterocycles. The molecular weight excluding hydrogens is 476 g/mol. The number of carbonyl (C=O) groups excluding carboxylic acids is 4. The third-order valence-corrected chi connectivity index (χ3v) is 5.85. The van der Waals surface area contributed by atoms with Crippen molar-refractivity contribution in [3.8, 4) is 5.88 Å². The van der Waals surface area contributed by atoms with E-state index in [9.17, 15) is 19.2 Å². The fraction of sp³-hybridized carbons (Fsp3) is 0.625. The Morgan fingerprint density at radius 1 is 0.944 bits per heavy atom. The number of hydrogen-bond acceptors (Lipinski definition) is 12. The highest BCUT2D eigenvalue weighted by Crippen LogP contribution is 2.32. The summed E-state index contributed by atoms with van der Waals surface area (Å²) in [6, 6.07) is 3.81. The van der Waals surface area contributed by atoms with Crippen LogP contribution in [0.1, 0.15) is 52.1 Å². The Bertz CT molecular complexity index is 953. The molecule has 12 heteroatoms. The number of likely N-dealkylation sites (tertiary alicyclic amines) is 1. The first-order valence-corrected chi connectivity index (χ1v) is 11.7. The summed E-state index contributed by atoms with van der Waals surface area (Å²) in [6.07, 6.45) is -2.45. The Morgan fingerprint density at radius 3 is 2.11 bits per heavy atom. The lowest BCUT2D eigenvalue weighted by molar-refractivity contribution is -0.289. The zero-order valence-electron chi connectivity index (χ0n) is 21.0. The van der Waals surface area contributed by atoms with Gasteiger partial charge in [0, 0.05) is 46.0 Å². The van der Waals surface area contributed by atoms with E-state index in [0.717, 1.165) is 38.8 Å². The van der Waals surface area contributed by atoms with Gasteiger partial charge in [-0.05, 0) is 32.0 Å². The van der Waals surface area contributed by atoms with Crippen molar-refractivity contribution in [2.24, 2.45) is 0 Å². The number of carbonyl (C=O) groups is 4. The summed E-state index contributed by atoms with van der Waals surface area (Å²) in [5.41, 5.74) is 1.03. The number of aromatic nitrogens is 1. The van der Waals surface area contributed by atoms with Gasteiger partial charge in [-0.1, -0.05) is 6.07 Å². The second-order valence-electron chi connectivity index (χ2n) is 8.75. The van der Waals surface area contributed by atoms with Gasteiger partial charge in [0.25, 0.3) is 0 Å². The summed E-state index contributed by atoms with van der Waals surface area (Å²) >= 11 is 0. The molecule has 0 bridgehead atoms. The van der Waals surface area contributed by atoms with Crippen molar-refractivity contribution in [1.82, 2.24) is 9.88 Å². The molecule has 198 valence electrons. The average molecular weight is 509 g/mol. The monoisotopic (exact) mass is 508 g/mol. The van der Waals surface area contributed by atoms with E-state index in [0.29, 0.717) is 0 Å². The van der Waals surface area contributed by atoms with Gasteiger partial charge >= 0.3 is 23.9 Å². The lowest BCUT2D eigenvalue weighted by Gasteiger charge is -2.43. The standard InChI is InChI=1S/C24H32N2O10/c1-13(27)31-12-19-21(32-14(2)28)22(33-15(3)29)23(34-16(4)30)24(35-19)36-20-9-8-17(11-25-20)18-7-6-10-26(18)5/h8-9,11,18-19,21-24H,6-7,10,12H2,1-5H3/t18-,19-,21-,22+,23-,24+/m1/s1. The fourth-order valence-electron chi connectivity index (χ4n) is 4.39. The molecule has 12 nitrogen and oxygen atoms in total. The van der Waals surface area contributed by atoms with Crippen molar-refractivity contribution >= 4 is 23.9 Å². The van der Waals surface area contributed by atoms with Crippen molar-refractivity contribution in [2.75, 3.05) is 20.2 Å². The van der Waals surface area contributed by atoms with Gasteiger partial charge < -0.3 is 28.4 Å². The SMILES string of the molecule is CC(=O)OC[C@H]1O[C@@H](Oc2ccc([C@H]3CCCN3C)cn2)[C@H](OC(C)=O)[C@@H](OC(C)=O)[C@@H]1OC(C)=O. The molecule has 2 fully saturated rings. The maximum absolute atomic E-state index is 11.9. The van der Waals surface area contributed by atoms with Crippen molar-refractivity contribution in [2.45, 2.75) is 77.3 Å². The summed E-state index contributed by atoms with van der Waals surface area (Å²) in [7, 11) is 2.06. The van der Waals surface area contributed by atoms with Crippen LogP contribution in [-0.2, 0) is 42.9 Å². The van der Waals surface area contributed by atoms with Crippen molar-refractivity contribution in [3.05, 3.63) is 23.9 Å². The maximum atomic E-state index is 11.9. The van der Waals surface area contributed by atoms with E-state index in [1.165, 1.54) is 13.8 Å². The van der Waals surface area contributed by atoms with E-state index in [4.69, 9.17) is 28.4 Å². The van der Waals surface area contributed by atoms with Crippen LogP contribution >= 0.6 is 0 Å². The van der Waals surface area contributed by atoms with Crippen LogP contribution in [0.5, 0.6) is 5.88 Å². The summed E-state index contributed by atoms with van der Waals surface area (Å²) in [6.45, 7) is 5.35. The molecule has 2 saturated heterocycles. The Labute approximate surface area is 209 Å². The number of hydrogen-bond donors (Lipinski definition) is 0. The van der Waals surface area contributed by atoms with E-state index >= 15 is 0 Å². The highest BCUT2D eigenvalue weighted by atomic mass is 16.7. The van der Waals surface area contributed by atoms with E-state index in [1.54, 1.807) is 12.3 Å². The Hall–Kier alpha value is -3.25. The third kappa shape index (κ3) is 7.14. The molecule has 0 unspecified atom stereocenters. The molecule has 6 atom stereocenters. The zero-order valence-corrected chi connectivity index (χ0v) is 21.0. The molecule has 0 spiro atoms. The molecule has 36 heavy (non-hydrogen) atoms. The first-order chi connectivity index (χ1) is 17.0. The highest BCUT2D eigenvalue weighted by molar-refractivity contribution is 5.68. The minimum absolute atomic E-state index is 0.167. The van der Waals surface area contributed by atoms with Crippen LogP contribution in [0.4, 0.5) is 0 Å². The van der Waals surface area contributed by atoms with Crippen LogP contribution in [0.2, 0.25) is 0 Å². The van der Waals surface area contributed by atoms with Gasteiger partial charge in [-0.25, -0.2) is 4.98 Å². The molecule has 0 aromatic carbocycles. The quantitative estimate of drug-likeness (QED) is 0.369. The second kappa shape index (κ2) is 12.1. The van der Waals surface area contributed by atoms with Crippen molar-refractivity contribution in [1.29, 1.82) is 0 Å². The Morgan fingerprint density at radius 2 is 1.58 bits per heavy atom. The predicted molar refractivity (Wildman–Crippen MR) is 121 cm³/mol. The highest BCUT2D eigenvalue weighted by Gasteiger charge is 2.53. The maximum Gasteiger partial charge on any atom is 0.303 e. The predicted octanol–water partition coefficient (Wildman–Crippen LogP) is 1.31. The van der Waals surface area contributed by atoms with Crippen LogP contribution in [0, 0.1) is 0 Å². The Kier molecular flexibility index (Phi) is 9.21. The summed E-state index contributed by atoms with van der Waals surface area (Å²) < 4.78 is 33.1. The molecule has 2 aliphatic heterocycles. The minimum Gasteiger partial charge on any atom is -0.463 e. The van der Waals surface area contributed by atoms with E-state index in [-0.39, 0.29) is 18.5 Å². The van der Waals surface area contributed by atoms with Gasteiger partial charge in [-0.2, -0.15) is 0 Å². The van der Waals surface area contributed by atoms with Crippen LogP contribution < -0.4 is 4.74 Å². The molecule has 0 N–H and O–H groups in total. The van der Waals surface area contributed by atoms with Crippen LogP contribution in [0.3, 0.4) is 0 Å². The molecule has 0 aliphatic carbocycles. The summed E-state index contributed by atoms with van der Waals surface area (Å²) in [5, 5.41) is 0. The molecule has 1 aromatic rings. The number of pyridine rings is 1. The second-order valence-corrected chi connectivity index (χ2v) is 8.75. The van der Waals surface area contributed by atoms with Gasteiger partial charge in [0.2, 0.25) is 18.3 Å². The number of rotatable bonds is 8. The zero-order chi connectivity index (χ0) is 26.4. The normalized spacial score (nSPS) is 28.1. The van der Waals surface area contributed by atoms with E-state index < -0.39 is 54.6 Å². The smallest absolute Gasteiger partial charge is 0.303 e. The van der Waals surface area contributed by atoms with Crippen LogP contribution in [0.15, 0.2) is 18.3 Å². The van der Waals surface area contributed by atoms with Gasteiger partial charge in [0.1, 0.15) is 12.7 Å². The van der Waals surface area contributed by atoms with E-state index in [2.05, 4.69) is 16.9 Å². The molecule has 0 radical (unpaired) electrons. The molecule has 1 aromatic heterocycles. The molecule has 0 amide bonds. The average Bonchev–Trinajstić information content (AvgIpc) is 3.22. The van der Waals surface area contributed by atoms with Gasteiger partial charge in [0.15, 0.2) is 12.2 Å². The summed E-state index contributed by atoms with van der Waals surface area (Å²) in [5.74, 6) is -2.56. The Balaban J connectivity index is 1.90. The van der Waals surface area contributed by atoms with Gasteiger partial charge in [0.05, 0.1) is 0 Å². The fourth-order valence-corrected chi connectivity index (χ4v) is 4.39. The van der Waals surface area contributed by atoms with Crippen molar-refractivity contribution in [3.63, 3.8) is 0 Å². The minimum atomic E-state index is -1.32. The third-order valence-electron chi connectivity index (χ3n) is 5.85. The number of esters is 4. The first kappa shape index (κ1) is 27.3. The first-order valence-electron chi connectivity index (χ1n) is 11.7. The molecule has 0 saturated carbocycles. The van der Waals surface area contributed by atoms with Crippen LogP contribution in [-0.4, -0.2) is 84.7 Å². The summed E-state index contributed by atoms with van der Waals surface area (Å²) in [4.78, 5) is 53.7. The molecule has 3 rings (SSSR count). The van der Waals surface area contributed by atoms with E-state index in [1.807, 2.05) is 6.07 Å². The van der Waals surface area contributed by atoms with Gasteiger partial charge in [-0.15, -0.1) is 0 Å². The van der Waals surface area contributed by atoms with Gasteiger partial charge in [-0.3, -0.25) is 24.1 Å². The lowest BCUT2D eigenvalue weighted by Crippen LogP contribution is -2.63. The van der Waals surface area contributed by atoms with Crippen molar-refractivity contribution < 1.29 is 47.6 Å². The number of nitrogens with zero attached hydrogens (tertiary/aromatic N) is 2. The largest absolute Gasteiger partial charge is 0.463 e. The lowest BCUT2D eigenvalue weighted by atomic mass is 9.98.